The highest BCUT2D eigenvalue weighted by atomic mass is 32.2. The molecule has 0 aromatic carbocycles. The maximum absolute atomic E-state index is 11.8. The Morgan fingerprint density at radius 3 is 2.21 bits per heavy atom. The third-order valence-corrected chi connectivity index (χ3v) is 5.22. The molecular weight excluding hydrogens is 204 g/mol. The van der Waals surface area contributed by atoms with Crippen LogP contribution in [0.2, 0.25) is 0 Å². The van der Waals surface area contributed by atoms with Gasteiger partial charge in [0.25, 0.3) is 0 Å². The summed E-state index contributed by atoms with van der Waals surface area (Å²) in [6.45, 7) is 3.28. The molecule has 14 heavy (non-hydrogen) atoms. The van der Waals surface area contributed by atoms with E-state index >= 15 is 0 Å². The lowest BCUT2D eigenvalue weighted by atomic mass is 9.97. The fourth-order valence-electron chi connectivity index (χ4n) is 2.08. The largest absolute Gasteiger partial charge is 0.438 e. The smallest absolute Gasteiger partial charge is 0.350 e. The first-order chi connectivity index (χ1) is 6.50. The van der Waals surface area contributed by atoms with Crippen LogP contribution in [0.25, 0.3) is 0 Å². The van der Waals surface area contributed by atoms with E-state index in [-0.39, 0.29) is 4.91 Å². The Morgan fingerprint density at radius 1 is 1.21 bits per heavy atom. The van der Waals surface area contributed by atoms with Gasteiger partial charge >= 0.3 is 5.97 Å². The highest BCUT2D eigenvalue weighted by molar-refractivity contribution is 7.97. The summed E-state index contributed by atoms with van der Waals surface area (Å²) in [7, 11) is -3.60. The molecule has 4 nitrogen and oxygen atoms in total. The number of ether oxygens (including phenoxy) is 1. The number of carbonyl (C=O) groups is 1. The maximum atomic E-state index is 11.8. The molecule has 1 spiro atoms. The van der Waals surface area contributed by atoms with E-state index in [1.807, 2.05) is 0 Å². The van der Waals surface area contributed by atoms with E-state index in [2.05, 4.69) is 6.58 Å². The van der Waals surface area contributed by atoms with Crippen molar-refractivity contribution in [3.8, 4) is 0 Å². The van der Waals surface area contributed by atoms with Crippen LogP contribution in [0.1, 0.15) is 32.1 Å². The summed E-state index contributed by atoms with van der Waals surface area (Å²) in [6.07, 6.45) is 3.42. The van der Waals surface area contributed by atoms with Crippen LogP contribution in [0.15, 0.2) is 11.5 Å². The number of rotatable bonds is 0. The molecule has 0 atom stereocenters. The van der Waals surface area contributed by atoms with Crippen LogP contribution in [0, 0.1) is 0 Å². The Balaban J connectivity index is 2.46. The van der Waals surface area contributed by atoms with Crippen molar-refractivity contribution in [3.05, 3.63) is 11.5 Å². The Labute approximate surface area is 82.9 Å². The fraction of sp³-hybridized carbons (Fsp3) is 0.667. The quantitative estimate of drug-likeness (QED) is 0.450. The van der Waals surface area contributed by atoms with Gasteiger partial charge in [-0.2, -0.15) is 0 Å². The predicted octanol–water partition coefficient (Wildman–Crippen LogP) is 1.13. The second kappa shape index (κ2) is 2.82. The monoisotopic (exact) mass is 216 g/mol. The minimum absolute atomic E-state index is 0.376. The highest BCUT2D eigenvalue weighted by Crippen LogP contribution is 2.44. The predicted molar refractivity (Wildman–Crippen MR) is 50.0 cm³/mol. The molecule has 0 unspecified atom stereocenters. The Hall–Kier alpha value is -0.840. The molecule has 1 heterocycles. The van der Waals surface area contributed by atoms with Gasteiger partial charge in [-0.15, -0.1) is 0 Å². The number of carbonyl (C=O) groups excluding carboxylic acids is 1. The van der Waals surface area contributed by atoms with Crippen LogP contribution in [0.4, 0.5) is 0 Å². The number of esters is 1. The minimum atomic E-state index is -3.60. The van der Waals surface area contributed by atoms with Gasteiger partial charge in [-0.25, -0.2) is 13.2 Å². The first-order valence-corrected chi connectivity index (χ1v) is 6.15. The van der Waals surface area contributed by atoms with Crippen molar-refractivity contribution in [1.29, 1.82) is 0 Å². The van der Waals surface area contributed by atoms with E-state index < -0.39 is 20.7 Å². The lowest BCUT2D eigenvalue weighted by molar-refractivity contribution is -0.145. The second-order valence-electron chi connectivity index (χ2n) is 3.79. The SMILES string of the molecule is C=C1C(=O)OC2(CCCCC2)S1(=O)=O. The maximum Gasteiger partial charge on any atom is 0.350 e. The van der Waals surface area contributed by atoms with E-state index in [4.69, 9.17) is 4.74 Å². The molecule has 5 heteroatoms. The summed E-state index contributed by atoms with van der Waals surface area (Å²) in [6, 6.07) is 0. The normalized spacial score (nSPS) is 29.1. The summed E-state index contributed by atoms with van der Waals surface area (Å²) in [5, 5.41) is 0. The number of hydrogen-bond donors (Lipinski definition) is 0. The van der Waals surface area contributed by atoms with Crippen molar-refractivity contribution >= 4 is 15.8 Å². The summed E-state index contributed by atoms with van der Waals surface area (Å²) in [5.74, 6) is -0.771. The molecule has 2 aliphatic rings. The molecule has 2 fully saturated rings. The van der Waals surface area contributed by atoms with Gasteiger partial charge in [0.1, 0.15) is 4.91 Å². The van der Waals surface area contributed by atoms with Crippen molar-refractivity contribution in [1.82, 2.24) is 0 Å². The molecule has 0 N–H and O–H groups in total. The van der Waals surface area contributed by atoms with Crippen LogP contribution < -0.4 is 0 Å². The minimum Gasteiger partial charge on any atom is -0.438 e. The van der Waals surface area contributed by atoms with Gasteiger partial charge in [0.15, 0.2) is 0 Å². The van der Waals surface area contributed by atoms with Gasteiger partial charge in [0.05, 0.1) is 0 Å². The van der Waals surface area contributed by atoms with Crippen molar-refractivity contribution in [2.24, 2.45) is 0 Å². The molecule has 1 aliphatic carbocycles. The summed E-state index contributed by atoms with van der Waals surface area (Å²) in [4.78, 5) is 9.52. The average molecular weight is 216 g/mol. The molecule has 1 saturated heterocycles. The van der Waals surface area contributed by atoms with Gasteiger partial charge in [-0.05, 0) is 12.8 Å². The standard InChI is InChI=1S/C9H12O4S/c1-7-8(10)13-9(14(7,11)12)5-3-2-4-6-9/h1-6H2. The van der Waals surface area contributed by atoms with Gasteiger partial charge in [-0.3, -0.25) is 0 Å². The fourth-order valence-corrected chi connectivity index (χ4v) is 3.80. The summed E-state index contributed by atoms with van der Waals surface area (Å²) in [5.41, 5.74) is 0. The molecule has 0 amide bonds. The zero-order valence-corrected chi connectivity index (χ0v) is 8.60. The number of sulfone groups is 1. The van der Waals surface area contributed by atoms with E-state index in [1.165, 1.54) is 0 Å². The molecule has 0 aromatic heterocycles. The van der Waals surface area contributed by atoms with Gasteiger partial charge in [0, 0.05) is 12.8 Å². The van der Waals surface area contributed by atoms with Crippen LogP contribution in [-0.2, 0) is 19.4 Å². The first kappa shape index (κ1) is 9.71. The van der Waals surface area contributed by atoms with E-state index in [0.717, 1.165) is 19.3 Å². The Morgan fingerprint density at radius 2 is 1.79 bits per heavy atom. The molecular formula is C9H12O4S. The topological polar surface area (TPSA) is 60.4 Å². The van der Waals surface area contributed by atoms with Gasteiger partial charge in [0.2, 0.25) is 14.8 Å². The van der Waals surface area contributed by atoms with E-state index in [9.17, 15) is 13.2 Å². The molecule has 0 bridgehead atoms. The zero-order valence-electron chi connectivity index (χ0n) is 7.78. The third-order valence-electron chi connectivity index (χ3n) is 2.94. The van der Waals surface area contributed by atoms with Crippen molar-refractivity contribution in [3.63, 3.8) is 0 Å². The van der Waals surface area contributed by atoms with Crippen LogP contribution >= 0.6 is 0 Å². The molecule has 1 aliphatic heterocycles. The van der Waals surface area contributed by atoms with Crippen molar-refractivity contribution in [2.45, 2.75) is 37.0 Å². The molecule has 78 valence electrons. The Bertz CT molecular complexity index is 387. The van der Waals surface area contributed by atoms with E-state index in [0.29, 0.717) is 12.8 Å². The van der Waals surface area contributed by atoms with Crippen molar-refractivity contribution < 1.29 is 17.9 Å². The van der Waals surface area contributed by atoms with Gasteiger partial charge < -0.3 is 4.74 Å². The van der Waals surface area contributed by atoms with Crippen LogP contribution in [-0.4, -0.2) is 19.3 Å². The van der Waals surface area contributed by atoms with Crippen molar-refractivity contribution in [2.75, 3.05) is 0 Å². The first-order valence-electron chi connectivity index (χ1n) is 4.66. The van der Waals surface area contributed by atoms with Crippen LogP contribution in [0.5, 0.6) is 0 Å². The third kappa shape index (κ3) is 1.05. The lowest BCUT2D eigenvalue weighted by Gasteiger charge is -2.29. The lowest BCUT2D eigenvalue weighted by Crippen LogP contribution is -2.38. The molecule has 0 aromatic rings. The highest BCUT2D eigenvalue weighted by Gasteiger charge is 2.56. The van der Waals surface area contributed by atoms with E-state index in [1.54, 1.807) is 0 Å². The second-order valence-corrected chi connectivity index (χ2v) is 6.03. The summed E-state index contributed by atoms with van der Waals surface area (Å²) < 4.78 is 28.7. The molecule has 2 rings (SSSR count). The average Bonchev–Trinajstić information content (AvgIpc) is 2.30. The van der Waals surface area contributed by atoms with Gasteiger partial charge in [-0.1, -0.05) is 13.0 Å². The molecule has 1 saturated carbocycles. The zero-order chi connectivity index (χ0) is 10.4. The number of hydrogen-bond acceptors (Lipinski definition) is 4. The molecule has 0 radical (unpaired) electrons. The van der Waals surface area contributed by atoms with Crippen LogP contribution in [0.3, 0.4) is 0 Å². The Kier molecular flexibility index (Phi) is 1.96. The summed E-state index contributed by atoms with van der Waals surface area (Å²) >= 11 is 0.